The molecule has 0 amide bonds. The van der Waals surface area contributed by atoms with Gasteiger partial charge in [-0.3, -0.25) is 4.21 Å². The first-order valence-corrected chi connectivity index (χ1v) is 7.31. The lowest BCUT2D eigenvalue weighted by Crippen LogP contribution is -2.24. The highest BCUT2D eigenvalue weighted by atomic mass is 32.2. The van der Waals surface area contributed by atoms with Crippen LogP contribution in [-0.2, 0) is 9.52 Å². The molecule has 0 N–H and O–H groups in total. The van der Waals surface area contributed by atoms with Crippen molar-refractivity contribution in [1.29, 1.82) is 0 Å². The lowest BCUT2D eigenvalue weighted by Gasteiger charge is -2.24. The van der Waals surface area contributed by atoms with Crippen LogP contribution in [0.3, 0.4) is 0 Å². The van der Waals surface area contributed by atoms with Gasteiger partial charge < -0.3 is 0 Å². The highest BCUT2D eigenvalue weighted by Crippen LogP contribution is 2.22. The first-order valence-electron chi connectivity index (χ1n) is 5.24. The van der Waals surface area contributed by atoms with Gasteiger partial charge in [-0.1, -0.05) is 41.5 Å². The summed E-state index contributed by atoms with van der Waals surface area (Å²) in [5, 5.41) is 0. The Kier molecular flexibility index (Phi) is 4.26. The molecule has 0 spiro atoms. The zero-order valence-corrected chi connectivity index (χ0v) is 11.5. The first-order chi connectivity index (χ1) is 5.91. The minimum atomic E-state index is -1.87. The SMILES string of the molecule is C=S(=O)(CCC(C)(C)C)CC(C)(C)C. The fourth-order valence-corrected chi connectivity index (χ4v) is 4.06. The molecule has 1 nitrogen and oxygen atoms in total. The van der Waals surface area contributed by atoms with E-state index in [0.717, 1.165) is 17.9 Å². The van der Waals surface area contributed by atoms with Crippen molar-refractivity contribution in [2.24, 2.45) is 10.8 Å². The summed E-state index contributed by atoms with van der Waals surface area (Å²) < 4.78 is 12.1. The average Bonchev–Trinajstić information content (AvgIpc) is 1.76. The Hall–Kier alpha value is 0.0200. The van der Waals surface area contributed by atoms with Crippen molar-refractivity contribution in [1.82, 2.24) is 0 Å². The van der Waals surface area contributed by atoms with Crippen molar-refractivity contribution in [2.75, 3.05) is 11.5 Å². The van der Waals surface area contributed by atoms with Crippen LogP contribution in [0.25, 0.3) is 0 Å². The van der Waals surface area contributed by atoms with Gasteiger partial charge in [-0.15, -0.1) is 0 Å². The second kappa shape index (κ2) is 4.26. The van der Waals surface area contributed by atoms with E-state index in [0.29, 0.717) is 0 Å². The topological polar surface area (TPSA) is 17.1 Å². The largest absolute Gasteiger partial charge is 0.268 e. The predicted molar refractivity (Wildman–Crippen MR) is 68.5 cm³/mol. The summed E-state index contributed by atoms with van der Waals surface area (Å²) in [6.45, 7) is 12.9. The molecule has 0 aromatic rings. The summed E-state index contributed by atoms with van der Waals surface area (Å²) in [6.07, 6.45) is 0.991. The van der Waals surface area contributed by atoms with E-state index in [2.05, 4.69) is 47.4 Å². The predicted octanol–water partition coefficient (Wildman–Crippen LogP) is 3.19. The third kappa shape index (κ3) is 8.61. The molecule has 0 aliphatic carbocycles. The van der Waals surface area contributed by atoms with Gasteiger partial charge in [-0.05, 0) is 32.6 Å². The van der Waals surface area contributed by atoms with Crippen LogP contribution in [0.2, 0.25) is 0 Å². The Morgan fingerprint density at radius 1 is 1.00 bits per heavy atom. The molecule has 1 unspecified atom stereocenters. The summed E-state index contributed by atoms with van der Waals surface area (Å²) in [4.78, 5) is 0. The molecule has 0 aliphatic heterocycles. The molecule has 0 radical (unpaired) electrons. The molecule has 2 heteroatoms. The van der Waals surface area contributed by atoms with E-state index in [1.165, 1.54) is 0 Å². The fraction of sp³-hybridized carbons (Fsp3) is 0.917. The summed E-state index contributed by atoms with van der Waals surface area (Å²) in [5.41, 5.74) is 0.384. The van der Waals surface area contributed by atoms with Gasteiger partial charge in [0.2, 0.25) is 0 Å². The Morgan fingerprint density at radius 2 is 1.43 bits per heavy atom. The normalized spacial score (nSPS) is 17.9. The number of hydrogen-bond acceptors (Lipinski definition) is 1. The quantitative estimate of drug-likeness (QED) is 0.665. The molecule has 0 aliphatic rings. The Morgan fingerprint density at radius 3 is 1.71 bits per heavy atom. The van der Waals surface area contributed by atoms with Crippen molar-refractivity contribution < 1.29 is 4.21 Å². The van der Waals surface area contributed by atoms with Crippen LogP contribution in [0.5, 0.6) is 0 Å². The lowest BCUT2D eigenvalue weighted by atomic mass is 9.94. The molecule has 0 fully saturated rings. The van der Waals surface area contributed by atoms with E-state index in [9.17, 15) is 4.21 Å². The van der Waals surface area contributed by atoms with Crippen LogP contribution in [-0.4, -0.2) is 21.6 Å². The van der Waals surface area contributed by atoms with Crippen LogP contribution in [0.4, 0.5) is 0 Å². The molecule has 0 bridgehead atoms. The molecule has 0 heterocycles. The summed E-state index contributed by atoms with van der Waals surface area (Å²) >= 11 is 0. The second-order valence-electron chi connectivity index (χ2n) is 6.69. The monoisotopic (exact) mass is 218 g/mol. The summed E-state index contributed by atoms with van der Waals surface area (Å²) in [7, 11) is -1.87. The van der Waals surface area contributed by atoms with Crippen LogP contribution < -0.4 is 0 Å². The maximum absolute atomic E-state index is 12.1. The van der Waals surface area contributed by atoms with Crippen molar-refractivity contribution in [3.05, 3.63) is 0 Å². The average molecular weight is 218 g/mol. The zero-order chi connectivity index (χ0) is 11.6. The molecule has 0 aromatic carbocycles. The summed E-state index contributed by atoms with van der Waals surface area (Å²) in [5.74, 6) is 5.38. The van der Waals surface area contributed by atoms with Gasteiger partial charge in [0.25, 0.3) is 0 Å². The van der Waals surface area contributed by atoms with Gasteiger partial charge in [-0.2, -0.15) is 0 Å². The van der Waals surface area contributed by atoms with Gasteiger partial charge in [0.05, 0.1) is 0 Å². The maximum Gasteiger partial charge on any atom is 0.0207 e. The van der Waals surface area contributed by atoms with E-state index >= 15 is 0 Å². The van der Waals surface area contributed by atoms with E-state index in [4.69, 9.17) is 0 Å². The van der Waals surface area contributed by atoms with E-state index in [1.54, 1.807) is 0 Å². The van der Waals surface area contributed by atoms with Crippen LogP contribution >= 0.6 is 0 Å². The second-order valence-corrected chi connectivity index (χ2v) is 9.31. The Balaban J connectivity index is 4.25. The zero-order valence-electron chi connectivity index (χ0n) is 10.6. The minimum absolute atomic E-state index is 0.122. The molecule has 14 heavy (non-hydrogen) atoms. The van der Waals surface area contributed by atoms with Gasteiger partial charge in [0.15, 0.2) is 0 Å². The van der Waals surface area contributed by atoms with Crippen molar-refractivity contribution in [3.63, 3.8) is 0 Å². The molecule has 0 aromatic heterocycles. The molecule has 0 saturated carbocycles. The summed E-state index contributed by atoms with van der Waals surface area (Å²) in [6, 6.07) is 0. The van der Waals surface area contributed by atoms with E-state index in [-0.39, 0.29) is 10.8 Å². The van der Waals surface area contributed by atoms with Gasteiger partial charge >= 0.3 is 0 Å². The fourth-order valence-electron chi connectivity index (χ4n) is 1.35. The lowest BCUT2D eigenvalue weighted by molar-refractivity contribution is 0.398. The first kappa shape index (κ1) is 14.0. The molecule has 0 rings (SSSR count). The van der Waals surface area contributed by atoms with E-state index in [1.807, 2.05) is 0 Å². The van der Waals surface area contributed by atoms with Crippen molar-refractivity contribution in [3.8, 4) is 0 Å². The van der Waals surface area contributed by atoms with Crippen LogP contribution in [0.1, 0.15) is 48.0 Å². The van der Waals surface area contributed by atoms with Crippen LogP contribution in [0.15, 0.2) is 0 Å². The Labute approximate surface area is 90.3 Å². The third-order valence-electron chi connectivity index (χ3n) is 1.92. The Bertz CT molecular complexity index is 260. The van der Waals surface area contributed by atoms with Gasteiger partial charge in [-0.25, -0.2) is 0 Å². The van der Waals surface area contributed by atoms with Crippen molar-refractivity contribution in [2.45, 2.75) is 48.0 Å². The molecule has 1 atom stereocenters. The van der Waals surface area contributed by atoms with Crippen LogP contribution in [0, 0.1) is 10.8 Å². The van der Waals surface area contributed by atoms with Crippen molar-refractivity contribution >= 4 is 15.4 Å². The standard InChI is InChI=1S/C12H26OS/c1-11(2,3)8-9-14(7,13)10-12(4,5)6/h7-10H2,1-6H3. The molecular weight excluding hydrogens is 192 g/mol. The third-order valence-corrected chi connectivity index (χ3v) is 4.26. The minimum Gasteiger partial charge on any atom is -0.268 e. The smallest absolute Gasteiger partial charge is 0.0207 e. The maximum atomic E-state index is 12.1. The molecular formula is C12H26OS. The van der Waals surface area contributed by atoms with Gasteiger partial charge in [0, 0.05) is 11.5 Å². The van der Waals surface area contributed by atoms with E-state index < -0.39 is 9.52 Å². The molecule has 86 valence electrons. The highest BCUT2D eigenvalue weighted by molar-refractivity contribution is 8.00. The van der Waals surface area contributed by atoms with Gasteiger partial charge in [0.1, 0.15) is 0 Å². The molecule has 0 saturated heterocycles. The highest BCUT2D eigenvalue weighted by Gasteiger charge is 2.19. The number of rotatable bonds is 3. The number of hydrogen-bond donors (Lipinski definition) is 0.